The molecule has 5 heteroatoms. The van der Waals surface area contributed by atoms with Crippen LogP contribution < -0.4 is 0 Å². The zero-order chi connectivity index (χ0) is 12.8. The summed E-state index contributed by atoms with van der Waals surface area (Å²) < 4.78 is 4.70. The minimum Gasteiger partial charge on any atom is -0.478 e. The lowest BCUT2D eigenvalue weighted by Crippen LogP contribution is -1.99. The van der Waals surface area contributed by atoms with Gasteiger partial charge in [-0.1, -0.05) is 17.7 Å². The average molecular weight is 255 g/mol. The van der Waals surface area contributed by atoms with Crippen molar-refractivity contribution in [3.63, 3.8) is 0 Å². The second kappa shape index (κ2) is 6.06. The Bertz CT molecular complexity index is 466. The van der Waals surface area contributed by atoms with Crippen LogP contribution in [0.1, 0.15) is 22.8 Å². The molecule has 0 spiro atoms. The van der Waals surface area contributed by atoms with Crippen molar-refractivity contribution < 1.29 is 19.4 Å². The summed E-state index contributed by atoms with van der Waals surface area (Å²) in [6.45, 7) is 2.02. The lowest BCUT2D eigenvalue weighted by molar-refractivity contribution is -0.137. The van der Waals surface area contributed by atoms with Gasteiger partial charge in [0.1, 0.15) is 0 Å². The summed E-state index contributed by atoms with van der Waals surface area (Å²) in [6.07, 6.45) is 2.77. The number of hydrogen-bond acceptors (Lipinski definition) is 3. The van der Waals surface area contributed by atoms with Crippen molar-refractivity contribution in [2.24, 2.45) is 0 Å². The number of carbonyl (C=O) groups excluding carboxylic acids is 1. The molecule has 1 aromatic carbocycles. The van der Waals surface area contributed by atoms with Gasteiger partial charge >= 0.3 is 11.9 Å². The number of aromatic carboxylic acids is 1. The normalized spacial score (nSPS) is 10.5. The summed E-state index contributed by atoms with van der Waals surface area (Å²) in [6, 6.07) is 4.42. The van der Waals surface area contributed by atoms with E-state index in [0.717, 1.165) is 0 Å². The molecular formula is C12H11ClO4. The molecule has 0 saturated carbocycles. The van der Waals surface area contributed by atoms with Crippen molar-refractivity contribution >= 4 is 29.6 Å². The van der Waals surface area contributed by atoms with Gasteiger partial charge in [0, 0.05) is 6.08 Å². The lowest BCUT2D eigenvalue weighted by Gasteiger charge is -2.00. The fourth-order valence-corrected chi connectivity index (χ4v) is 1.43. The molecule has 0 aliphatic rings. The predicted octanol–water partition coefficient (Wildman–Crippen LogP) is 2.61. The lowest BCUT2D eigenvalue weighted by atomic mass is 10.1. The van der Waals surface area contributed by atoms with Gasteiger partial charge in [-0.2, -0.15) is 0 Å². The molecule has 0 radical (unpaired) electrons. The van der Waals surface area contributed by atoms with E-state index in [0.29, 0.717) is 12.2 Å². The molecule has 0 saturated heterocycles. The third kappa shape index (κ3) is 3.92. The minimum atomic E-state index is -1.09. The highest BCUT2D eigenvalue weighted by atomic mass is 35.5. The van der Waals surface area contributed by atoms with Crippen molar-refractivity contribution in [2.45, 2.75) is 6.92 Å². The third-order valence-corrected chi connectivity index (χ3v) is 2.23. The van der Waals surface area contributed by atoms with E-state index >= 15 is 0 Å². The number of carboxylic acid groups (broad SMARTS) is 1. The molecule has 1 N–H and O–H groups in total. The number of esters is 1. The van der Waals surface area contributed by atoms with Gasteiger partial charge in [-0.05, 0) is 30.7 Å². The molecule has 1 aromatic rings. The number of hydrogen-bond donors (Lipinski definition) is 1. The van der Waals surface area contributed by atoms with E-state index < -0.39 is 11.9 Å². The first-order chi connectivity index (χ1) is 8.04. The van der Waals surface area contributed by atoms with Crippen LogP contribution in [0.5, 0.6) is 0 Å². The first-order valence-electron chi connectivity index (χ1n) is 4.92. The number of carboxylic acids is 1. The molecule has 0 unspecified atom stereocenters. The number of benzene rings is 1. The Balaban J connectivity index is 2.84. The van der Waals surface area contributed by atoms with Gasteiger partial charge in [0.15, 0.2) is 0 Å². The maximum absolute atomic E-state index is 11.0. The van der Waals surface area contributed by atoms with Crippen molar-refractivity contribution in [3.8, 4) is 0 Å². The molecule has 90 valence electrons. The highest BCUT2D eigenvalue weighted by Gasteiger charge is 2.07. The van der Waals surface area contributed by atoms with E-state index in [1.54, 1.807) is 13.0 Å². The second-order valence-corrected chi connectivity index (χ2v) is 3.54. The summed E-state index contributed by atoms with van der Waals surface area (Å²) in [5.41, 5.74) is 0.660. The second-order valence-electron chi connectivity index (χ2n) is 3.13. The van der Waals surface area contributed by atoms with Gasteiger partial charge in [-0.15, -0.1) is 0 Å². The van der Waals surface area contributed by atoms with Crippen molar-refractivity contribution in [1.82, 2.24) is 0 Å². The number of halogens is 1. The topological polar surface area (TPSA) is 63.6 Å². The first kappa shape index (κ1) is 13.3. The maximum Gasteiger partial charge on any atom is 0.337 e. The van der Waals surface area contributed by atoms with Crippen LogP contribution in [0.2, 0.25) is 5.02 Å². The summed E-state index contributed by atoms with van der Waals surface area (Å²) in [4.78, 5) is 21.7. The Morgan fingerprint density at radius 1 is 1.47 bits per heavy atom. The van der Waals surface area contributed by atoms with Gasteiger partial charge in [0.25, 0.3) is 0 Å². The zero-order valence-electron chi connectivity index (χ0n) is 9.14. The number of carbonyl (C=O) groups is 2. The van der Waals surface area contributed by atoms with E-state index in [1.807, 2.05) is 0 Å². The molecule has 0 aliphatic heterocycles. The molecule has 0 atom stereocenters. The Labute approximate surface area is 103 Å². The summed E-state index contributed by atoms with van der Waals surface area (Å²) in [5, 5.41) is 8.90. The van der Waals surface area contributed by atoms with E-state index in [9.17, 15) is 9.59 Å². The monoisotopic (exact) mass is 254 g/mol. The van der Waals surface area contributed by atoms with Crippen LogP contribution >= 0.6 is 11.6 Å². The molecule has 0 aromatic heterocycles. The molecule has 4 nitrogen and oxygen atoms in total. The average Bonchev–Trinajstić information content (AvgIpc) is 2.26. The molecular weight excluding hydrogens is 244 g/mol. The van der Waals surface area contributed by atoms with Crippen LogP contribution in [0.4, 0.5) is 0 Å². The van der Waals surface area contributed by atoms with Crippen molar-refractivity contribution in [1.29, 1.82) is 0 Å². The van der Waals surface area contributed by atoms with Gasteiger partial charge in [-0.25, -0.2) is 9.59 Å². The standard InChI is InChI=1S/C12H11ClO4/c1-2-17-11(14)6-4-8-3-5-9(12(15)16)10(13)7-8/h3-7H,2H2,1H3,(H,15,16). The van der Waals surface area contributed by atoms with E-state index in [1.165, 1.54) is 24.3 Å². The first-order valence-corrected chi connectivity index (χ1v) is 5.30. The number of ether oxygens (including phenoxy) is 1. The van der Waals surface area contributed by atoms with Gasteiger partial charge in [0.2, 0.25) is 0 Å². The third-order valence-electron chi connectivity index (χ3n) is 1.92. The molecule has 0 amide bonds. The van der Waals surface area contributed by atoms with Crippen LogP contribution in [0.25, 0.3) is 6.08 Å². The smallest absolute Gasteiger partial charge is 0.337 e. The Kier molecular flexibility index (Phi) is 4.72. The molecule has 1 rings (SSSR count). The van der Waals surface area contributed by atoms with Crippen LogP contribution in [0, 0.1) is 0 Å². The van der Waals surface area contributed by atoms with E-state index in [-0.39, 0.29) is 10.6 Å². The van der Waals surface area contributed by atoms with E-state index in [4.69, 9.17) is 21.4 Å². The summed E-state index contributed by atoms with van der Waals surface area (Å²) >= 11 is 5.77. The van der Waals surface area contributed by atoms with Crippen LogP contribution in [-0.4, -0.2) is 23.7 Å². The van der Waals surface area contributed by atoms with Gasteiger partial charge < -0.3 is 9.84 Å². The predicted molar refractivity (Wildman–Crippen MR) is 64.1 cm³/mol. The van der Waals surface area contributed by atoms with Crippen molar-refractivity contribution in [2.75, 3.05) is 6.61 Å². The van der Waals surface area contributed by atoms with Gasteiger partial charge in [0.05, 0.1) is 17.2 Å². The Hall–Kier alpha value is -1.81. The Morgan fingerprint density at radius 3 is 2.71 bits per heavy atom. The maximum atomic E-state index is 11.0. The fourth-order valence-electron chi connectivity index (χ4n) is 1.16. The highest BCUT2D eigenvalue weighted by Crippen LogP contribution is 2.18. The molecule has 0 bridgehead atoms. The largest absolute Gasteiger partial charge is 0.478 e. The molecule has 0 aliphatic carbocycles. The number of rotatable bonds is 4. The van der Waals surface area contributed by atoms with Crippen molar-refractivity contribution in [3.05, 3.63) is 40.4 Å². The molecule has 0 fully saturated rings. The SMILES string of the molecule is CCOC(=O)C=Cc1ccc(C(=O)O)c(Cl)c1. The fraction of sp³-hybridized carbons (Fsp3) is 0.167. The summed E-state index contributed by atoms with van der Waals surface area (Å²) in [7, 11) is 0. The molecule has 0 heterocycles. The van der Waals surface area contributed by atoms with Crippen LogP contribution in [0.15, 0.2) is 24.3 Å². The highest BCUT2D eigenvalue weighted by molar-refractivity contribution is 6.33. The van der Waals surface area contributed by atoms with Crippen LogP contribution in [0.3, 0.4) is 0 Å². The van der Waals surface area contributed by atoms with Gasteiger partial charge in [-0.3, -0.25) is 0 Å². The Morgan fingerprint density at radius 2 is 2.18 bits per heavy atom. The summed E-state index contributed by atoms with van der Waals surface area (Å²) in [5.74, 6) is -1.54. The zero-order valence-corrected chi connectivity index (χ0v) is 9.90. The van der Waals surface area contributed by atoms with E-state index in [2.05, 4.69) is 0 Å². The van der Waals surface area contributed by atoms with Crippen LogP contribution in [-0.2, 0) is 9.53 Å². The quantitative estimate of drug-likeness (QED) is 0.663. The minimum absolute atomic E-state index is 0.0277. The molecule has 17 heavy (non-hydrogen) atoms.